The van der Waals surface area contributed by atoms with Crippen molar-refractivity contribution in [2.45, 2.75) is 0 Å². The Kier molecular flexibility index (Phi) is 4.28. The van der Waals surface area contributed by atoms with Crippen LogP contribution in [0.4, 0.5) is 0 Å². The van der Waals surface area contributed by atoms with E-state index in [9.17, 15) is 0 Å². The Morgan fingerprint density at radius 2 is 1.14 bits per heavy atom. The number of aromatic nitrogens is 3. The van der Waals surface area contributed by atoms with Gasteiger partial charge < -0.3 is 9.97 Å². The summed E-state index contributed by atoms with van der Waals surface area (Å²) in [6.07, 6.45) is 0. The normalized spacial score (nSPS) is 11.9. The lowest BCUT2D eigenvalue weighted by Crippen LogP contribution is -1.91. The van der Waals surface area contributed by atoms with Crippen molar-refractivity contribution in [2.75, 3.05) is 0 Å². The average molecular weight is 494 g/mol. The molecule has 37 heavy (non-hydrogen) atoms. The number of benzene rings is 5. The van der Waals surface area contributed by atoms with Crippen LogP contribution in [0.5, 0.6) is 0 Å². The van der Waals surface area contributed by atoms with E-state index in [1.165, 1.54) is 10.8 Å². The van der Waals surface area contributed by atoms with Crippen molar-refractivity contribution in [3.05, 3.63) is 114 Å². The van der Waals surface area contributed by atoms with Gasteiger partial charge in [-0.3, -0.25) is 0 Å². The highest BCUT2D eigenvalue weighted by Crippen LogP contribution is 2.49. The highest BCUT2D eigenvalue weighted by Gasteiger charge is 2.25. The van der Waals surface area contributed by atoms with Gasteiger partial charge in [-0.25, -0.2) is 4.98 Å². The molecular formula is C33H20ClN3. The Hall–Kier alpha value is -4.60. The largest absolute Gasteiger partial charge is 0.354 e. The molecule has 0 aliphatic rings. The van der Waals surface area contributed by atoms with Gasteiger partial charge in [-0.05, 0) is 29.8 Å². The molecule has 0 atom stereocenters. The molecule has 0 aliphatic heterocycles. The fourth-order valence-electron chi connectivity index (χ4n) is 5.86. The minimum absolute atomic E-state index is 0.504. The molecule has 174 valence electrons. The molecular weight excluding hydrogens is 474 g/mol. The van der Waals surface area contributed by atoms with Crippen LogP contribution in [0.2, 0.25) is 5.15 Å². The maximum absolute atomic E-state index is 7.00. The second-order valence-corrected chi connectivity index (χ2v) is 9.83. The van der Waals surface area contributed by atoms with Gasteiger partial charge in [0, 0.05) is 54.7 Å². The molecule has 5 aromatic carbocycles. The average Bonchev–Trinajstić information content (AvgIpc) is 3.51. The second-order valence-electron chi connectivity index (χ2n) is 9.48. The van der Waals surface area contributed by atoms with E-state index < -0.39 is 0 Å². The molecule has 0 spiro atoms. The molecule has 2 N–H and O–H groups in total. The van der Waals surface area contributed by atoms with E-state index in [0.717, 1.165) is 66.0 Å². The number of aromatic amines is 2. The van der Waals surface area contributed by atoms with Crippen molar-refractivity contribution < 1.29 is 0 Å². The van der Waals surface area contributed by atoms with Gasteiger partial charge in [0.2, 0.25) is 0 Å². The molecule has 3 aromatic heterocycles. The van der Waals surface area contributed by atoms with E-state index >= 15 is 0 Å². The molecule has 3 heterocycles. The molecule has 0 amide bonds. The van der Waals surface area contributed by atoms with Crippen LogP contribution in [0, 0.1) is 0 Å². The van der Waals surface area contributed by atoms with Crippen molar-refractivity contribution in [2.24, 2.45) is 0 Å². The number of hydrogen-bond donors (Lipinski definition) is 2. The molecule has 8 aromatic rings. The predicted octanol–water partition coefficient (Wildman–Crippen LogP) is 9.49. The summed E-state index contributed by atoms with van der Waals surface area (Å²) in [6, 6.07) is 37.9. The van der Waals surface area contributed by atoms with Crippen LogP contribution >= 0.6 is 11.6 Å². The number of H-pyrrole nitrogens is 2. The Labute approximate surface area is 217 Å². The SMILES string of the molecule is Clc1nc2ccccc2cc1-c1c2c([nH]c3ccccc32)c(-c2ccccc2)c2[nH]c3ccccc3c12. The van der Waals surface area contributed by atoms with Crippen LogP contribution in [0.1, 0.15) is 0 Å². The Morgan fingerprint density at radius 3 is 1.81 bits per heavy atom. The first-order valence-electron chi connectivity index (χ1n) is 12.4. The fourth-order valence-corrected chi connectivity index (χ4v) is 6.10. The monoisotopic (exact) mass is 493 g/mol. The van der Waals surface area contributed by atoms with E-state index in [4.69, 9.17) is 16.6 Å². The second kappa shape index (κ2) is 7.70. The molecule has 0 unspecified atom stereocenters. The van der Waals surface area contributed by atoms with Crippen molar-refractivity contribution in [1.82, 2.24) is 15.0 Å². The first kappa shape index (κ1) is 20.6. The number of hydrogen-bond acceptors (Lipinski definition) is 1. The fraction of sp³-hybridized carbons (Fsp3) is 0. The standard InChI is InChI=1S/C33H20ClN3/c34-33-23(18-20-12-4-7-15-24(20)37-33)28-29-21-13-5-8-16-25(21)35-31(29)27(19-10-2-1-3-11-19)32-30(28)22-14-6-9-17-26(22)36-32/h1-18,35-36H. The van der Waals surface area contributed by atoms with Crippen LogP contribution in [-0.2, 0) is 0 Å². The zero-order chi connectivity index (χ0) is 24.5. The zero-order valence-corrected chi connectivity index (χ0v) is 20.5. The third kappa shape index (κ3) is 2.92. The van der Waals surface area contributed by atoms with E-state index in [1.54, 1.807) is 0 Å². The van der Waals surface area contributed by atoms with Gasteiger partial charge in [0.25, 0.3) is 0 Å². The van der Waals surface area contributed by atoms with Crippen LogP contribution in [0.15, 0.2) is 109 Å². The summed E-state index contributed by atoms with van der Waals surface area (Å²) >= 11 is 7.00. The molecule has 0 aliphatic carbocycles. The minimum atomic E-state index is 0.504. The number of fused-ring (bicyclic) bond motifs is 7. The van der Waals surface area contributed by atoms with Crippen molar-refractivity contribution in [3.8, 4) is 22.3 Å². The lowest BCUT2D eigenvalue weighted by molar-refractivity contribution is 1.41. The molecule has 0 bridgehead atoms. The quantitative estimate of drug-likeness (QED) is 0.231. The summed E-state index contributed by atoms with van der Waals surface area (Å²) in [6.45, 7) is 0. The molecule has 0 fully saturated rings. The maximum atomic E-state index is 7.00. The minimum Gasteiger partial charge on any atom is -0.354 e. The Balaban J connectivity index is 1.69. The molecule has 8 rings (SSSR count). The number of pyridine rings is 1. The summed E-state index contributed by atoms with van der Waals surface area (Å²) in [7, 11) is 0. The first-order valence-corrected chi connectivity index (χ1v) is 12.7. The zero-order valence-electron chi connectivity index (χ0n) is 19.7. The number of nitrogens with one attached hydrogen (secondary N) is 2. The number of nitrogens with zero attached hydrogens (tertiary/aromatic N) is 1. The first-order chi connectivity index (χ1) is 18.3. The van der Waals surface area contributed by atoms with E-state index in [2.05, 4.69) is 101 Å². The van der Waals surface area contributed by atoms with E-state index in [-0.39, 0.29) is 0 Å². The summed E-state index contributed by atoms with van der Waals surface area (Å²) in [4.78, 5) is 12.3. The van der Waals surface area contributed by atoms with E-state index in [0.29, 0.717) is 5.15 Å². The van der Waals surface area contributed by atoms with Gasteiger partial charge in [-0.15, -0.1) is 0 Å². The topological polar surface area (TPSA) is 44.5 Å². The van der Waals surface area contributed by atoms with Gasteiger partial charge >= 0.3 is 0 Å². The maximum Gasteiger partial charge on any atom is 0.137 e. The molecule has 0 radical (unpaired) electrons. The highest BCUT2D eigenvalue weighted by atomic mass is 35.5. The predicted molar refractivity (Wildman–Crippen MR) is 156 cm³/mol. The third-order valence-corrected chi connectivity index (χ3v) is 7.71. The Bertz CT molecular complexity index is 2060. The smallest absolute Gasteiger partial charge is 0.137 e. The third-order valence-electron chi connectivity index (χ3n) is 7.42. The van der Waals surface area contributed by atoms with Crippen LogP contribution in [0.25, 0.3) is 76.8 Å². The molecule has 4 heteroatoms. The number of para-hydroxylation sites is 3. The molecule has 0 saturated heterocycles. The van der Waals surface area contributed by atoms with Gasteiger partial charge in [0.15, 0.2) is 0 Å². The highest BCUT2D eigenvalue weighted by molar-refractivity contribution is 6.37. The molecule has 3 nitrogen and oxygen atoms in total. The van der Waals surface area contributed by atoms with Crippen LogP contribution < -0.4 is 0 Å². The van der Waals surface area contributed by atoms with Gasteiger partial charge in [-0.2, -0.15) is 0 Å². The lowest BCUT2D eigenvalue weighted by atomic mass is 9.90. The van der Waals surface area contributed by atoms with Crippen LogP contribution in [-0.4, -0.2) is 15.0 Å². The summed E-state index contributed by atoms with van der Waals surface area (Å²) in [5, 5.41) is 6.22. The number of halogens is 1. The Morgan fingerprint density at radius 1 is 0.568 bits per heavy atom. The van der Waals surface area contributed by atoms with Crippen LogP contribution in [0.3, 0.4) is 0 Å². The lowest BCUT2D eigenvalue weighted by Gasteiger charge is -2.15. The van der Waals surface area contributed by atoms with Gasteiger partial charge in [0.1, 0.15) is 5.15 Å². The summed E-state index contributed by atoms with van der Waals surface area (Å²) in [5.41, 5.74) is 9.61. The number of rotatable bonds is 2. The summed E-state index contributed by atoms with van der Waals surface area (Å²) < 4.78 is 0. The van der Waals surface area contributed by atoms with Gasteiger partial charge in [-0.1, -0.05) is 96.5 Å². The van der Waals surface area contributed by atoms with Crippen molar-refractivity contribution in [3.63, 3.8) is 0 Å². The van der Waals surface area contributed by atoms with Crippen molar-refractivity contribution >= 4 is 66.1 Å². The molecule has 0 saturated carbocycles. The van der Waals surface area contributed by atoms with Crippen molar-refractivity contribution in [1.29, 1.82) is 0 Å². The van der Waals surface area contributed by atoms with E-state index in [1.807, 2.05) is 18.2 Å². The summed E-state index contributed by atoms with van der Waals surface area (Å²) in [5.74, 6) is 0. The van der Waals surface area contributed by atoms with Gasteiger partial charge in [0.05, 0.1) is 16.6 Å².